The Morgan fingerprint density at radius 3 is 2.12 bits per heavy atom. The highest BCUT2D eigenvalue weighted by molar-refractivity contribution is 5.77. The van der Waals surface area contributed by atoms with Gasteiger partial charge in [-0.3, -0.25) is 4.79 Å². The van der Waals surface area contributed by atoms with Gasteiger partial charge < -0.3 is 5.11 Å². The lowest BCUT2D eigenvalue weighted by Crippen LogP contribution is -2.14. The van der Waals surface area contributed by atoms with Crippen LogP contribution in [0.25, 0.3) is 0 Å². The monoisotopic (exact) mass is 244 g/mol. The molecule has 0 spiro atoms. The fraction of sp³-hybridized carbons (Fsp3) is 0.417. The van der Waals surface area contributed by atoms with Crippen LogP contribution in [0.4, 0.5) is 13.2 Å². The summed E-state index contributed by atoms with van der Waals surface area (Å²) in [6, 6.07) is 4.40. The molecule has 17 heavy (non-hydrogen) atoms. The van der Waals surface area contributed by atoms with Gasteiger partial charge in [-0.15, -0.1) is 0 Å². The summed E-state index contributed by atoms with van der Waals surface area (Å²) in [6.45, 7) is 0. The van der Waals surface area contributed by atoms with Crippen molar-refractivity contribution in [2.75, 3.05) is 0 Å². The second-order valence-corrected chi connectivity index (χ2v) is 4.27. The number of benzene rings is 1. The molecule has 1 atom stereocenters. The van der Waals surface area contributed by atoms with E-state index in [0.717, 1.165) is 25.0 Å². The summed E-state index contributed by atoms with van der Waals surface area (Å²) in [5.41, 5.74) is -0.297. The van der Waals surface area contributed by atoms with Crippen molar-refractivity contribution >= 4 is 5.97 Å². The minimum Gasteiger partial charge on any atom is -0.481 e. The Morgan fingerprint density at radius 2 is 1.76 bits per heavy atom. The number of carbonyl (C=O) groups is 1. The highest BCUT2D eigenvalue weighted by atomic mass is 19.4. The lowest BCUT2D eigenvalue weighted by molar-refractivity contribution is -0.139. The number of aliphatic carboxylic acids is 1. The summed E-state index contributed by atoms with van der Waals surface area (Å²) >= 11 is 0. The molecule has 0 aliphatic heterocycles. The number of hydrogen-bond donors (Lipinski definition) is 1. The second kappa shape index (κ2) is 4.05. The number of rotatable bonds is 3. The maximum Gasteiger partial charge on any atom is 0.416 e. The van der Waals surface area contributed by atoms with Crippen molar-refractivity contribution in [2.24, 2.45) is 5.92 Å². The Balaban J connectivity index is 2.24. The Morgan fingerprint density at radius 1 is 1.24 bits per heavy atom. The summed E-state index contributed by atoms with van der Waals surface area (Å²) in [7, 11) is 0. The molecular weight excluding hydrogens is 233 g/mol. The predicted molar refractivity (Wildman–Crippen MR) is 54.5 cm³/mol. The average molecular weight is 244 g/mol. The summed E-state index contributed by atoms with van der Waals surface area (Å²) in [5, 5.41) is 9.04. The van der Waals surface area contributed by atoms with Gasteiger partial charge in [0.25, 0.3) is 0 Å². The van der Waals surface area contributed by atoms with Crippen molar-refractivity contribution in [1.29, 1.82) is 0 Å². The van der Waals surface area contributed by atoms with Crippen molar-refractivity contribution < 1.29 is 23.1 Å². The smallest absolute Gasteiger partial charge is 0.416 e. The molecule has 92 valence electrons. The predicted octanol–water partition coefficient (Wildman–Crippen LogP) is 3.28. The van der Waals surface area contributed by atoms with E-state index in [1.807, 2.05) is 0 Å². The molecule has 2 rings (SSSR count). The first-order valence-corrected chi connectivity index (χ1v) is 5.29. The molecule has 5 heteroatoms. The zero-order valence-corrected chi connectivity index (χ0v) is 8.87. The molecular formula is C12H11F3O2. The minimum atomic E-state index is -4.38. The van der Waals surface area contributed by atoms with Crippen LogP contribution < -0.4 is 0 Å². The maximum absolute atomic E-state index is 12.3. The standard InChI is InChI=1S/C12H11F3O2/c13-12(14,15)9-5-3-8(4-6-9)10(11(16)17)7-1-2-7/h3-7,10H,1-2H2,(H,16,17). The van der Waals surface area contributed by atoms with Crippen molar-refractivity contribution in [3.63, 3.8) is 0 Å². The van der Waals surface area contributed by atoms with Crippen molar-refractivity contribution in [2.45, 2.75) is 24.9 Å². The molecule has 1 aromatic carbocycles. The van der Waals surface area contributed by atoms with Gasteiger partial charge >= 0.3 is 12.1 Å². The zero-order valence-electron chi connectivity index (χ0n) is 8.87. The Labute approximate surface area is 96.1 Å². The molecule has 0 aromatic heterocycles. The van der Waals surface area contributed by atoms with Crippen LogP contribution in [0.5, 0.6) is 0 Å². The van der Waals surface area contributed by atoms with Gasteiger partial charge in [-0.2, -0.15) is 13.2 Å². The minimum absolute atomic E-state index is 0.0734. The molecule has 0 amide bonds. The Hall–Kier alpha value is -1.52. The van der Waals surface area contributed by atoms with E-state index >= 15 is 0 Å². The average Bonchev–Trinajstić information content (AvgIpc) is 3.01. The third kappa shape index (κ3) is 2.60. The highest BCUT2D eigenvalue weighted by Gasteiger charge is 2.38. The fourth-order valence-electron chi connectivity index (χ4n) is 1.93. The van der Waals surface area contributed by atoms with Crippen LogP contribution in [-0.2, 0) is 11.0 Å². The van der Waals surface area contributed by atoms with Gasteiger partial charge in [-0.05, 0) is 36.5 Å². The van der Waals surface area contributed by atoms with Crippen LogP contribution in [0.1, 0.15) is 29.9 Å². The number of hydrogen-bond acceptors (Lipinski definition) is 1. The van der Waals surface area contributed by atoms with Gasteiger partial charge in [-0.25, -0.2) is 0 Å². The first kappa shape index (κ1) is 12.0. The lowest BCUT2D eigenvalue weighted by Gasteiger charge is -2.13. The van der Waals surface area contributed by atoms with E-state index in [-0.39, 0.29) is 5.92 Å². The third-order valence-electron chi connectivity index (χ3n) is 2.96. The maximum atomic E-state index is 12.3. The molecule has 1 aliphatic carbocycles. The van der Waals surface area contributed by atoms with E-state index in [4.69, 9.17) is 5.11 Å². The van der Waals surface area contributed by atoms with Crippen LogP contribution in [0.15, 0.2) is 24.3 Å². The van der Waals surface area contributed by atoms with Crippen molar-refractivity contribution in [3.8, 4) is 0 Å². The third-order valence-corrected chi connectivity index (χ3v) is 2.96. The van der Waals surface area contributed by atoms with Crippen LogP contribution in [0.2, 0.25) is 0 Å². The Kier molecular flexibility index (Phi) is 2.85. The summed E-state index contributed by atoms with van der Waals surface area (Å²) in [5.74, 6) is -1.56. The molecule has 1 saturated carbocycles. The first-order chi connectivity index (χ1) is 7.89. The van der Waals surface area contributed by atoms with Crippen LogP contribution in [-0.4, -0.2) is 11.1 Å². The summed E-state index contributed by atoms with van der Waals surface area (Å²) in [6.07, 6.45) is -2.72. The molecule has 1 aromatic rings. The fourth-order valence-corrected chi connectivity index (χ4v) is 1.93. The van der Waals surface area contributed by atoms with Gasteiger partial charge in [0.1, 0.15) is 0 Å². The lowest BCUT2D eigenvalue weighted by atomic mass is 9.93. The van der Waals surface area contributed by atoms with Gasteiger partial charge in [0, 0.05) is 0 Å². The van der Waals surface area contributed by atoms with Crippen LogP contribution in [0.3, 0.4) is 0 Å². The number of halogens is 3. The van der Waals surface area contributed by atoms with Gasteiger partial charge in [-0.1, -0.05) is 12.1 Å². The van der Waals surface area contributed by atoms with E-state index < -0.39 is 23.6 Å². The molecule has 1 N–H and O–H groups in total. The Bertz CT molecular complexity index is 418. The molecule has 2 nitrogen and oxygen atoms in total. The van der Waals surface area contributed by atoms with Gasteiger partial charge in [0.2, 0.25) is 0 Å². The van der Waals surface area contributed by atoms with Gasteiger partial charge in [0.15, 0.2) is 0 Å². The molecule has 0 heterocycles. The topological polar surface area (TPSA) is 37.3 Å². The SMILES string of the molecule is O=C(O)C(c1ccc(C(F)(F)F)cc1)C1CC1. The summed E-state index contributed by atoms with van der Waals surface area (Å²) in [4.78, 5) is 11.0. The van der Waals surface area contributed by atoms with Crippen LogP contribution in [0, 0.1) is 5.92 Å². The van der Waals surface area contributed by atoms with Crippen molar-refractivity contribution in [1.82, 2.24) is 0 Å². The number of carboxylic acids is 1. The largest absolute Gasteiger partial charge is 0.481 e. The van der Waals surface area contributed by atoms with E-state index in [9.17, 15) is 18.0 Å². The molecule has 1 fully saturated rings. The number of carboxylic acid groups (broad SMARTS) is 1. The summed E-state index contributed by atoms with van der Waals surface area (Å²) < 4.78 is 37.0. The van der Waals surface area contributed by atoms with E-state index in [1.165, 1.54) is 12.1 Å². The van der Waals surface area contributed by atoms with E-state index in [2.05, 4.69) is 0 Å². The number of alkyl halides is 3. The highest BCUT2D eigenvalue weighted by Crippen LogP contribution is 2.43. The zero-order chi connectivity index (χ0) is 12.6. The molecule has 0 radical (unpaired) electrons. The molecule has 1 unspecified atom stereocenters. The second-order valence-electron chi connectivity index (χ2n) is 4.27. The van der Waals surface area contributed by atoms with Gasteiger partial charge in [0.05, 0.1) is 11.5 Å². The quantitative estimate of drug-likeness (QED) is 0.885. The first-order valence-electron chi connectivity index (χ1n) is 5.29. The van der Waals surface area contributed by atoms with E-state index in [1.54, 1.807) is 0 Å². The van der Waals surface area contributed by atoms with Crippen LogP contribution >= 0.6 is 0 Å². The normalized spacial score (nSPS) is 17.8. The molecule has 0 bridgehead atoms. The van der Waals surface area contributed by atoms with E-state index in [0.29, 0.717) is 5.56 Å². The molecule has 0 saturated heterocycles. The molecule has 1 aliphatic rings. The van der Waals surface area contributed by atoms with Crippen molar-refractivity contribution in [3.05, 3.63) is 35.4 Å².